The molecule has 0 amide bonds. The Hall–Kier alpha value is -2.17. The molecule has 4 rings (SSSR count). The summed E-state index contributed by atoms with van der Waals surface area (Å²) in [7, 11) is -2.24. The lowest BCUT2D eigenvalue weighted by Gasteiger charge is -2.31. The number of nitrogens with one attached hydrogen (secondary N) is 1. The molecule has 5 nitrogen and oxygen atoms in total. The fraction of sp³-hybridized carbons (Fsp3) is 0.391. The molecular formula is C23H28N3O2PS. The highest BCUT2D eigenvalue weighted by molar-refractivity contribution is 7.64. The third kappa shape index (κ3) is 5.11. The molecule has 1 atom stereocenters. The van der Waals surface area contributed by atoms with E-state index in [9.17, 15) is 9.67 Å². The molecule has 1 aromatic carbocycles. The van der Waals surface area contributed by atoms with Crippen molar-refractivity contribution in [2.75, 3.05) is 24.2 Å². The van der Waals surface area contributed by atoms with Crippen molar-refractivity contribution >= 4 is 24.3 Å². The van der Waals surface area contributed by atoms with Gasteiger partial charge in [-0.15, -0.1) is 11.3 Å². The summed E-state index contributed by atoms with van der Waals surface area (Å²) >= 11 is 1.75. The molecule has 7 heteroatoms. The number of aromatic nitrogens is 2. The van der Waals surface area contributed by atoms with E-state index in [2.05, 4.69) is 27.4 Å². The van der Waals surface area contributed by atoms with E-state index >= 15 is 0 Å². The molecule has 3 aromatic rings. The van der Waals surface area contributed by atoms with Crippen LogP contribution in [0.2, 0.25) is 0 Å². The number of hydrogen-bond acceptors (Lipinski definition) is 6. The molecule has 1 aliphatic rings. The molecule has 1 saturated heterocycles. The van der Waals surface area contributed by atoms with Crippen molar-refractivity contribution in [2.45, 2.75) is 38.3 Å². The van der Waals surface area contributed by atoms with Crippen LogP contribution in [0.25, 0.3) is 10.4 Å². The van der Waals surface area contributed by atoms with E-state index in [-0.39, 0.29) is 11.4 Å². The third-order valence-electron chi connectivity index (χ3n) is 5.79. The molecule has 0 spiro atoms. The number of phenols is 1. The normalized spacial score (nSPS) is 16.8. The van der Waals surface area contributed by atoms with Crippen LogP contribution in [0.5, 0.6) is 5.75 Å². The maximum absolute atomic E-state index is 13.8. The molecule has 3 heterocycles. The van der Waals surface area contributed by atoms with Crippen LogP contribution < -0.4 is 5.32 Å². The number of aromatic hydroxyl groups is 1. The summed E-state index contributed by atoms with van der Waals surface area (Å²) in [5.41, 5.74) is 2.09. The van der Waals surface area contributed by atoms with Crippen molar-refractivity contribution in [3.63, 3.8) is 0 Å². The molecule has 0 bridgehead atoms. The first-order valence-corrected chi connectivity index (χ1v) is 13.5. The van der Waals surface area contributed by atoms with Crippen LogP contribution in [0.15, 0.2) is 48.8 Å². The fourth-order valence-electron chi connectivity index (χ4n) is 4.02. The zero-order chi connectivity index (χ0) is 21.0. The maximum atomic E-state index is 13.8. The van der Waals surface area contributed by atoms with E-state index in [0.717, 1.165) is 48.7 Å². The second kappa shape index (κ2) is 9.32. The minimum atomic E-state index is -2.24. The Balaban J connectivity index is 1.51. The predicted molar refractivity (Wildman–Crippen MR) is 125 cm³/mol. The van der Waals surface area contributed by atoms with Gasteiger partial charge in [-0.05, 0) is 68.1 Å². The van der Waals surface area contributed by atoms with Crippen LogP contribution in [-0.2, 0) is 11.0 Å². The van der Waals surface area contributed by atoms with E-state index < -0.39 is 7.14 Å². The van der Waals surface area contributed by atoms with E-state index in [1.165, 1.54) is 16.2 Å². The van der Waals surface area contributed by atoms with E-state index in [1.807, 2.05) is 19.1 Å². The average molecular weight is 442 g/mol. The van der Waals surface area contributed by atoms with Gasteiger partial charge in [0.15, 0.2) is 0 Å². The van der Waals surface area contributed by atoms with Gasteiger partial charge >= 0.3 is 0 Å². The second-order valence-electron chi connectivity index (χ2n) is 8.05. The summed E-state index contributed by atoms with van der Waals surface area (Å²) in [5, 5.41) is 12.9. The van der Waals surface area contributed by atoms with Gasteiger partial charge in [-0.2, -0.15) is 0 Å². The maximum Gasteiger partial charge on any atom is 0.144 e. The van der Waals surface area contributed by atoms with Gasteiger partial charge in [0, 0.05) is 34.3 Å². The smallest absolute Gasteiger partial charge is 0.144 e. The van der Waals surface area contributed by atoms with Gasteiger partial charge in [-0.1, -0.05) is 6.42 Å². The summed E-state index contributed by atoms with van der Waals surface area (Å²) in [6.45, 7) is 2.57. The van der Waals surface area contributed by atoms with Gasteiger partial charge in [0.1, 0.15) is 11.6 Å². The number of hydrogen-bond donors (Lipinski definition) is 2. The fourth-order valence-corrected chi connectivity index (χ4v) is 8.67. The molecule has 158 valence electrons. The van der Waals surface area contributed by atoms with Crippen molar-refractivity contribution in [1.29, 1.82) is 0 Å². The molecule has 0 saturated carbocycles. The van der Waals surface area contributed by atoms with Crippen LogP contribution in [0, 0.1) is 6.92 Å². The minimum Gasteiger partial charge on any atom is -0.508 e. The summed E-state index contributed by atoms with van der Waals surface area (Å²) < 4.78 is 13.8. The molecule has 2 N–H and O–H groups in total. The van der Waals surface area contributed by atoms with Gasteiger partial charge in [-0.3, -0.25) is 4.98 Å². The molecule has 0 radical (unpaired) electrons. The van der Waals surface area contributed by atoms with Crippen molar-refractivity contribution in [2.24, 2.45) is 0 Å². The minimum absolute atomic E-state index is 0.104. The Kier molecular flexibility index (Phi) is 6.55. The summed E-state index contributed by atoms with van der Waals surface area (Å²) in [4.78, 5) is 11.1. The quantitative estimate of drug-likeness (QED) is 0.454. The number of anilines is 1. The van der Waals surface area contributed by atoms with Crippen molar-refractivity contribution in [1.82, 2.24) is 9.97 Å². The monoisotopic (exact) mass is 441 g/mol. The van der Waals surface area contributed by atoms with Crippen LogP contribution in [0.4, 0.5) is 5.82 Å². The summed E-state index contributed by atoms with van der Waals surface area (Å²) in [6, 6.07) is 11.6. The number of rotatable bonds is 7. The zero-order valence-electron chi connectivity index (χ0n) is 17.3. The standard InChI is InChI=1S/C23H28N3O2PS/c1-17-14-25-23(16-24-17)26-15-20(29(28)11-3-2-4-12-29)13-21-9-10-22(30-21)18-5-7-19(27)8-6-18/h5-10,14,16,20,27H,2-4,11-13,15H2,1H3,(H,25,26). The molecule has 1 aliphatic heterocycles. The Bertz CT molecular complexity index is 1010. The van der Waals surface area contributed by atoms with Crippen molar-refractivity contribution < 1.29 is 9.67 Å². The van der Waals surface area contributed by atoms with E-state index in [4.69, 9.17) is 0 Å². The molecule has 1 fully saturated rings. The predicted octanol–water partition coefficient (Wildman–Crippen LogP) is 5.79. The number of phenolic OH excluding ortho intramolecular Hbond substituents is 1. The van der Waals surface area contributed by atoms with Crippen LogP contribution >= 0.6 is 18.5 Å². The first kappa shape index (κ1) is 21.1. The summed E-state index contributed by atoms with van der Waals surface area (Å²) in [6.07, 6.45) is 9.36. The van der Waals surface area contributed by atoms with Crippen molar-refractivity contribution in [3.05, 3.63) is 59.4 Å². The zero-order valence-corrected chi connectivity index (χ0v) is 19.0. The van der Waals surface area contributed by atoms with Crippen LogP contribution in [0.3, 0.4) is 0 Å². The van der Waals surface area contributed by atoms with Crippen molar-refractivity contribution in [3.8, 4) is 16.2 Å². The summed E-state index contributed by atoms with van der Waals surface area (Å²) in [5.74, 6) is 1.02. The highest BCUT2D eigenvalue weighted by Gasteiger charge is 2.34. The van der Waals surface area contributed by atoms with Crippen LogP contribution in [-0.4, -0.2) is 39.6 Å². The lowest BCUT2D eigenvalue weighted by atomic mass is 10.2. The largest absolute Gasteiger partial charge is 0.508 e. The van der Waals surface area contributed by atoms with E-state index in [0.29, 0.717) is 6.54 Å². The van der Waals surface area contributed by atoms with Gasteiger partial charge in [0.2, 0.25) is 0 Å². The highest BCUT2D eigenvalue weighted by atomic mass is 32.1. The SMILES string of the molecule is Cc1cnc(NCC(Cc2ccc(-c3ccc(O)cc3)s2)P2(=O)CCCCC2)cn1. The van der Waals surface area contributed by atoms with E-state index in [1.54, 1.807) is 35.9 Å². The topological polar surface area (TPSA) is 75.1 Å². The number of nitrogens with zero attached hydrogens (tertiary/aromatic N) is 2. The Morgan fingerprint density at radius 2 is 1.83 bits per heavy atom. The first-order valence-electron chi connectivity index (χ1n) is 10.5. The Morgan fingerprint density at radius 3 is 2.53 bits per heavy atom. The highest BCUT2D eigenvalue weighted by Crippen LogP contribution is 2.56. The molecular weight excluding hydrogens is 413 g/mol. The molecule has 0 aliphatic carbocycles. The average Bonchev–Trinajstić information content (AvgIpc) is 3.22. The number of benzene rings is 1. The first-order chi connectivity index (χ1) is 14.5. The lowest BCUT2D eigenvalue weighted by molar-refractivity contribution is 0.475. The third-order valence-corrected chi connectivity index (χ3v) is 10.8. The van der Waals surface area contributed by atoms with Gasteiger partial charge < -0.3 is 15.0 Å². The van der Waals surface area contributed by atoms with Gasteiger partial charge in [0.05, 0.1) is 25.2 Å². The van der Waals surface area contributed by atoms with Gasteiger partial charge in [-0.25, -0.2) is 4.98 Å². The lowest BCUT2D eigenvalue weighted by Crippen LogP contribution is -2.27. The molecule has 2 aromatic heterocycles. The Labute approximate surface area is 182 Å². The Morgan fingerprint density at radius 1 is 1.07 bits per heavy atom. The number of aryl methyl sites for hydroxylation is 1. The van der Waals surface area contributed by atoms with Crippen LogP contribution in [0.1, 0.15) is 29.8 Å². The molecule has 1 unspecified atom stereocenters. The van der Waals surface area contributed by atoms with Gasteiger partial charge in [0.25, 0.3) is 0 Å². The number of thiophene rings is 1. The molecule has 30 heavy (non-hydrogen) atoms. The second-order valence-corrected chi connectivity index (χ2v) is 12.8.